The molecule has 0 aliphatic heterocycles. The van der Waals surface area contributed by atoms with Gasteiger partial charge in [-0.05, 0) is 31.5 Å². The number of ether oxygens (including phenoxy) is 1. The molecule has 1 rings (SSSR count). The van der Waals surface area contributed by atoms with E-state index in [4.69, 9.17) is 4.74 Å². The van der Waals surface area contributed by atoms with Crippen molar-refractivity contribution in [3.63, 3.8) is 0 Å². The molecule has 0 heterocycles. The minimum atomic E-state index is -1.02. The lowest BCUT2D eigenvalue weighted by Gasteiger charge is -2.10. The van der Waals surface area contributed by atoms with Crippen molar-refractivity contribution in [2.45, 2.75) is 20.0 Å². The van der Waals surface area contributed by atoms with Crippen molar-refractivity contribution >= 4 is 0 Å². The van der Waals surface area contributed by atoms with E-state index in [2.05, 4.69) is 0 Å². The van der Waals surface area contributed by atoms with E-state index in [0.29, 0.717) is 5.56 Å². The van der Waals surface area contributed by atoms with E-state index in [1.165, 1.54) is 13.0 Å². The van der Waals surface area contributed by atoms with Gasteiger partial charge in [0.25, 0.3) is 0 Å². The smallest absolute Gasteiger partial charge is 0.200 e. The van der Waals surface area contributed by atoms with Gasteiger partial charge in [0.15, 0.2) is 11.6 Å². The Morgan fingerprint density at radius 1 is 1.43 bits per heavy atom. The van der Waals surface area contributed by atoms with Crippen LogP contribution in [0.4, 0.5) is 8.78 Å². The van der Waals surface area contributed by atoms with Crippen molar-refractivity contribution in [3.05, 3.63) is 29.3 Å². The van der Waals surface area contributed by atoms with Crippen LogP contribution in [0.2, 0.25) is 0 Å². The summed E-state index contributed by atoms with van der Waals surface area (Å²) in [5, 5.41) is 9.19. The van der Waals surface area contributed by atoms with Crippen molar-refractivity contribution < 1.29 is 18.6 Å². The van der Waals surface area contributed by atoms with Crippen LogP contribution in [-0.4, -0.2) is 11.7 Å². The van der Waals surface area contributed by atoms with Gasteiger partial charge in [0.2, 0.25) is 5.82 Å². The largest absolute Gasteiger partial charge is 0.491 e. The van der Waals surface area contributed by atoms with E-state index in [-0.39, 0.29) is 12.4 Å². The van der Waals surface area contributed by atoms with Gasteiger partial charge in [0.05, 0.1) is 12.7 Å². The van der Waals surface area contributed by atoms with Gasteiger partial charge in [0, 0.05) is 0 Å². The Morgan fingerprint density at radius 2 is 2.07 bits per heavy atom. The molecule has 0 radical (unpaired) electrons. The van der Waals surface area contributed by atoms with Crippen LogP contribution < -0.4 is 4.74 Å². The third-order valence-electron chi connectivity index (χ3n) is 1.80. The van der Waals surface area contributed by atoms with Gasteiger partial charge in [-0.2, -0.15) is 4.39 Å². The SMILES string of the molecule is CCOc1cc([C@@H](C)O)cc(F)c1F. The molecule has 0 aliphatic rings. The van der Waals surface area contributed by atoms with Crippen molar-refractivity contribution in [2.24, 2.45) is 0 Å². The van der Waals surface area contributed by atoms with Crippen molar-refractivity contribution in [1.82, 2.24) is 0 Å². The summed E-state index contributed by atoms with van der Waals surface area (Å²) in [6, 6.07) is 2.26. The Labute approximate surface area is 81.1 Å². The van der Waals surface area contributed by atoms with Gasteiger partial charge < -0.3 is 9.84 Å². The normalized spacial score (nSPS) is 12.6. The fraction of sp³-hybridized carbons (Fsp3) is 0.400. The van der Waals surface area contributed by atoms with Gasteiger partial charge in [-0.3, -0.25) is 0 Å². The molecule has 0 bridgehead atoms. The molecule has 1 N–H and O–H groups in total. The zero-order valence-electron chi connectivity index (χ0n) is 8.05. The van der Waals surface area contributed by atoms with Gasteiger partial charge in [-0.1, -0.05) is 0 Å². The van der Waals surface area contributed by atoms with E-state index in [1.54, 1.807) is 6.92 Å². The van der Waals surface area contributed by atoms with Gasteiger partial charge >= 0.3 is 0 Å². The summed E-state index contributed by atoms with van der Waals surface area (Å²) < 4.78 is 30.9. The number of aliphatic hydroxyl groups is 1. The second-order valence-electron chi connectivity index (χ2n) is 2.92. The first-order valence-electron chi connectivity index (χ1n) is 4.36. The van der Waals surface area contributed by atoms with Gasteiger partial charge in [0.1, 0.15) is 0 Å². The summed E-state index contributed by atoms with van der Waals surface area (Å²) in [5.41, 5.74) is 0.298. The zero-order valence-corrected chi connectivity index (χ0v) is 8.05. The summed E-state index contributed by atoms with van der Waals surface area (Å²) in [4.78, 5) is 0. The molecule has 1 aromatic carbocycles. The lowest BCUT2D eigenvalue weighted by atomic mass is 10.1. The average Bonchev–Trinajstić information content (AvgIpc) is 2.12. The third kappa shape index (κ3) is 2.20. The van der Waals surface area contributed by atoms with E-state index < -0.39 is 17.7 Å². The highest BCUT2D eigenvalue weighted by atomic mass is 19.2. The summed E-state index contributed by atoms with van der Waals surface area (Å²) >= 11 is 0. The standard InChI is InChI=1S/C10H12F2O2/c1-3-14-9-5-7(6(2)13)4-8(11)10(9)12/h4-6,13H,3H2,1-2H3/t6-/m1/s1. The fourth-order valence-corrected chi connectivity index (χ4v) is 1.09. The third-order valence-corrected chi connectivity index (χ3v) is 1.80. The molecule has 0 unspecified atom stereocenters. The summed E-state index contributed by atoms with van der Waals surface area (Å²) in [5.74, 6) is -2.19. The molecule has 1 aromatic rings. The van der Waals surface area contributed by atoms with E-state index >= 15 is 0 Å². The number of benzene rings is 1. The number of aliphatic hydroxyl groups excluding tert-OH is 1. The molecule has 78 valence electrons. The minimum Gasteiger partial charge on any atom is -0.491 e. The maximum Gasteiger partial charge on any atom is 0.200 e. The Hall–Kier alpha value is -1.16. The lowest BCUT2D eigenvalue weighted by molar-refractivity contribution is 0.197. The maximum atomic E-state index is 13.1. The maximum absolute atomic E-state index is 13.1. The molecule has 4 heteroatoms. The predicted octanol–water partition coefficient (Wildman–Crippen LogP) is 2.42. The number of halogens is 2. The van der Waals surface area contributed by atoms with Crippen molar-refractivity contribution in [1.29, 1.82) is 0 Å². The Kier molecular flexibility index (Phi) is 3.41. The van der Waals surface area contributed by atoms with E-state index in [1.807, 2.05) is 0 Å². The van der Waals surface area contributed by atoms with Crippen molar-refractivity contribution in [3.8, 4) is 5.75 Å². The molecule has 0 aliphatic carbocycles. The Balaban J connectivity index is 3.14. The van der Waals surface area contributed by atoms with Crippen LogP contribution in [0.15, 0.2) is 12.1 Å². The highest BCUT2D eigenvalue weighted by Crippen LogP contribution is 2.25. The quantitative estimate of drug-likeness (QED) is 0.815. The molecule has 0 spiro atoms. The molecular weight excluding hydrogens is 190 g/mol. The molecular formula is C10H12F2O2. The van der Waals surface area contributed by atoms with Crippen LogP contribution in [0.1, 0.15) is 25.5 Å². The first-order chi connectivity index (χ1) is 6.56. The molecule has 0 fully saturated rings. The van der Waals surface area contributed by atoms with Crippen LogP contribution >= 0.6 is 0 Å². The summed E-state index contributed by atoms with van der Waals surface area (Å²) in [7, 11) is 0. The summed E-state index contributed by atoms with van der Waals surface area (Å²) in [6.07, 6.45) is -0.843. The highest BCUT2D eigenvalue weighted by Gasteiger charge is 2.13. The number of hydrogen-bond acceptors (Lipinski definition) is 2. The number of rotatable bonds is 3. The molecule has 0 amide bonds. The van der Waals surface area contributed by atoms with Crippen LogP contribution in [0.25, 0.3) is 0 Å². The monoisotopic (exact) mass is 202 g/mol. The van der Waals surface area contributed by atoms with Crippen molar-refractivity contribution in [2.75, 3.05) is 6.61 Å². The average molecular weight is 202 g/mol. The predicted molar refractivity (Wildman–Crippen MR) is 48.2 cm³/mol. The lowest BCUT2D eigenvalue weighted by Crippen LogP contribution is -2.00. The molecule has 14 heavy (non-hydrogen) atoms. The second-order valence-corrected chi connectivity index (χ2v) is 2.92. The van der Waals surface area contributed by atoms with E-state index in [9.17, 15) is 13.9 Å². The summed E-state index contributed by atoms with van der Waals surface area (Å²) in [6.45, 7) is 3.40. The van der Waals surface area contributed by atoms with Crippen LogP contribution in [0, 0.1) is 11.6 Å². The van der Waals surface area contributed by atoms with Crippen LogP contribution in [0.5, 0.6) is 5.75 Å². The molecule has 0 saturated carbocycles. The van der Waals surface area contributed by atoms with Crippen LogP contribution in [0.3, 0.4) is 0 Å². The molecule has 1 atom stereocenters. The minimum absolute atomic E-state index is 0.164. The van der Waals surface area contributed by atoms with E-state index in [0.717, 1.165) is 6.07 Å². The second kappa shape index (κ2) is 4.37. The molecule has 2 nitrogen and oxygen atoms in total. The molecule has 0 saturated heterocycles. The van der Waals surface area contributed by atoms with Gasteiger partial charge in [-0.25, -0.2) is 4.39 Å². The topological polar surface area (TPSA) is 29.5 Å². The Morgan fingerprint density at radius 3 is 2.57 bits per heavy atom. The highest BCUT2D eigenvalue weighted by molar-refractivity contribution is 5.32. The molecule has 0 aromatic heterocycles. The number of hydrogen-bond donors (Lipinski definition) is 1. The zero-order chi connectivity index (χ0) is 10.7. The fourth-order valence-electron chi connectivity index (χ4n) is 1.09. The van der Waals surface area contributed by atoms with Gasteiger partial charge in [-0.15, -0.1) is 0 Å². The Bertz CT molecular complexity index is 324. The first kappa shape index (κ1) is 10.9. The first-order valence-corrected chi connectivity index (χ1v) is 4.36. The van der Waals surface area contributed by atoms with Crippen LogP contribution in [-0.2, 0) is 0 Å².